The summed E-state index contributed by atoms with van der Waals surface area (Å²) in [6.45, 7) is 11.0. The molecule has 0 aliphatic carbocycles. The van der Waals surface area contributed by atoms with Gasteiger partial charge in [-0.2, -0.15) is 13.2 Å². The first-order valence-electron chi connectivity index (χ1n) is 9.91. The lowest BCUT2D eigenvalue weighted by atomic mass is 9.91. The second-order valence-corrected chi connectivity index (χ2v) is 6.84. The molecule has 1 saturated heterocycles. The lowest BCUT2D eigenvalue weighted by Crippen LogP contribution is -2.15. The fraction of sp³-hybridized carbons (Fsp3) is 0.478. The Labute approximate surface area is 171 Å². The molecule has 0 spiro atoms. The van der Waals surface area contributed by atoms with E-state index in [1.807, 2.05) is 13.0 Å². The first kappa shape index (κ1) is 25.1. The van der Waals surface area contributed by atoms with E-state index in [1.165, 1.54) is 25.3 Å². The van der Waals surface area contributed by atoms with Crippen molar-refractivity contribution in [2.45, 2.75) is 44.9 Å². The number of hydrogen-bond acceptors (Lipinski definition) is 2. The van der Waals surface area contributed by atoms with Crippen LogP contribution in [0, 0.1) is 11.7 Å². The minimum absolute atomic E-state index is 0.0313. The number of hydrogen-bond donors (Lipinski definition) is 1. The van der Waals surface area contributed by atoms with Crippen molar-refractivity contribution in [3.05, 3.63) is 72.6 Å². The summed E-state index contributed by atoms with van der Waals surface area (Å²) in [5, 5.41) is 3.43. The van der Waals surface area contributed by atoms with Crippen molar-refractivity contribution in [3.8, 4) is 0 Å². The summed E-state index contributed by atoms with van der Waals surface area (Å²) >= 11 is 0. The Bertz CT molecular complexity index is 647. The minimum Gasteiger partial charge on any atom is -0.374 e. The van der Waals surface area contributed by atoms with Crippen LogP contribution in [0.1, 0.15) is 44.3 Å². The molecule has 2 atom stereocenters. The summed E-state index contributed by atoms with van der Waals surface area (Å²) < 4.78 is 54.3. The van der Waals surface area contributed by atoms with E-state index < -0.39 is 11.7 Å². The van der Waals surface area contributed by atoms with Gasteiger partial charge in [0, 0.05) is 6.61 Å². The second-order valence-electron chi connectivity index (χ2n) is 6.84. The Hall–Kier alpha value is -1.92. The molecular weight excluding hydrogens is 382 g/mol. The molecule has 162 valence electrons. The standard InChI is InChI=1S/C16H24FNO.C7H7F3/c1-2-19-16(14-6-3-7-15(17)12-14)11-13-5-4-9-18-10-8-13;1-3-5-6(4-2)7(8,9)10/h3,6-7,12-13,16,18H,2,4-5,8-11H2,1H3;3-5H,1-2H2/b;6-5+/t13?,16-;/m1./s1. The maximum Gasteiger partial charge on any atom is 0.416 e. The fourth-order valence-electron chi connectivity index (χ4n) is 3.24. The topological polar surface area (TPSA) is 21.3 Å². The first-order chi connectivity index (χ1) is 13.8. The van der Waals surface area contributed by atoms with Crippen molar-refractivity contribution in [1.82, 2.24) is 5.32 Å². The number of halogens is 4. The van der Waals surface area contributed by atoms with E-state index in [1.54, 1.807) is 12.1 Å². The number of benzene rings is 1. The van der Waals surface area contributed by atoms with Gasteiger partial charge >= 0.3 is 6.18 Å². The SMILES string of the molecule is C=C/C=C(\C=C)C(F)(F)F.CCO[C@H](CC1CCCNCC1)c1cccc(F)c1. The summed E-state index contributed by atoms with van der Waals surface area (Å²) in [6, 6.07) is 6.83. The van der Waals surface area contributed by atoms with Crippen LogP contribution in [-0.4, -0.2) is 25.9 Å². The zero-order valence-electron chi connectivity index (χ0n) is 17.0. The van der Waals surface area contributed by atoms with E-state index in [2.05, 4.69) is 18.5 Å². The molecule has 0 amide bonds. The van der Waals surface area contributed by atoms with Gasteiger partial charge in [-0.05, 0) is 69.3 Å². The Morgan fingerprint density at radius 1 is 1.28 bits per heavy atom. The second kappa shape index (κ2) is 13.3. The summed E-state index contributed by atoms with van der Waals surface area (Å²) in [5.41, 5.74) is 0.196. The predicted octanol–water partition coefficient (Wildman–Crippen LogP) is 6.53. The summed E-state index contributed by atoms with van der Waals surface area (Å²) in [6.07, 6.45) is 3.08. The number of rotatable bonds is 7. The van der Waals surface area contributed by atoms with Crippen molar-refractivity contribution < 1.29 is 22.3 Å². The number of alkyl halides is 3. The zero-order valence-corrected chi connectivity index (χ0v) is 17.0. The van der Waals surface area contributed by atoms with Gasteiger partial charge in [-0.1, -0.05) is 43.5 Å². The van der Waals surface area contributed by atoms with Gasteiger partial charge in [-0.25, -0.2) is 4.39 Å². The third-order valence-corrected chi connectivity index (χ3v) is 4.68. The van der Waals surface area contributed by atoms with Crippen molar-refractivity contribution >= 4 is 0 Å². The summed E-state index contributed by atoms with van der Waals surface area (Å²) in [5.74, 6) is 0.500. The lowest BCUT2D eigenvalue weighted by molar-refractivity contribution is -0.0881. The van der Waals surface area contributed by atoms with E-state index in [-0.39, 0.29) is 11.9 Å². The van der Waals surface area contributed by atoms with Crippen molar-refractivity contribution in [3.63, 3.8) is 0 Å². The normalized spacial score (nSPS) is 18.8. The van der Waals surface area contributed by atoms with Gasteiger partial charge < -0.3 is 10.1 Å². The van der Waals surface area contributed by atoms with Crippen LogP contribution >= 0.6 is 0 Å². The highest BCUT2D eigenvalue weighted by Crippen LogP contribution is 2.30. The van der Waals surface area contributed by atoms with Gasteiger partial charge in [0.25, 0.3) is 0 Å². The van der Waals surface area contributed by atoms with Crippen molar-refractivity contribution in [2.24, 2.45) is 5.92 Å². The molecule has 1 aliphatic rings. The smallest absolute Gasteiger partial charge is 0.374 e. The minimum atomic E-state index is -4.31. The predicted molar refractivity (Wildman–Crippen MR) is 110 cm³/mol. The van der Waals surface area contributed by atoms with Crippen LogP contribution in [0.15, 0.2) is 61.2 Å². The van der Waals surface area contributed by atoms with Crippen LogP contribution in [0.5, 0.6) is 0 Å². The lowest BCUT2D eigenvalue weighted by Gasteiger charge is -2.23. The molecule has 1 N–H and O–H groups in total. The third-order valence-electron chi connectivity index (χ3n) is 4.68. The summed E-state index contributed by atoms with van der Waals surface area (Å²) in [7, 11) is 0. The maximum atomic E-state index is 13.3. The number of allylic oxidation sites excluding steroid dienone is 4. The fourth-order valence-corrected chi connectivity index (χ4v) is 3.24. The van der Waals surface area contributed by atoms with E-state index in [4.69, 9.17) is 4.74 Å². The quantitative estimate of drug-likeness (QED) is 0.405. The first-order valence-corrected chi connectivity index (χ1v) is 9.91. The van der Waals surface area contributed by atoms with Gasteiger partial charge in [-0.3, -0.25) is 0 Å². The molecular formula is C23H31F4NO. The molecule has 1 aliphatic heterocycles. The van der Waals surface area contributed by atoms with E-state index in [9.17, 15) is 17.6 Å². The average Bonchev–Trinajstić information content (AvgIpc) is 2.94. The van der Waals surface area contributed by atoms with Gasteiger partial charge in [0.05, 0.1) is 11.7 Å². The van der Waals surface area contributed by atoms with Crippen molar-refractivity contribution in [2.75, 3.05) is 19.7 Å². The molecule has 0 aromatic heterocycles. The monoisotopic (exact) mass is 413 g/mol. The number of ether oxygens (including phenoxy) is 1. The molecule has 2 nitrogen and oxygen atoms in total. The molecule has 29 heavy (non-hydrogen) atoms. The largest absolute Gasteiger partial charge is 0.416 e. The van der Waals surface area contributed by atoms with Gasteiger partial charge in [0.1, 0.15) is 5.82 Å². The van der Waals surface area contributed by atoms with E-state index >= 15 is 0 Å². The molecule has 6 heteroatoms. The highest BCUT2D eigenvalue weighted by atomic mass is 19.4. The molecule has 1 fully saturated rings. The van der Waals surface area contributed by atoms with Crippen molar-refractivity contribution in [1.29, 1.82) is 0 Å². The molecule has 2 rings (SSSR count). The highest BCUT2D eigenvalue weighted by Gasteiger charge is 2.30. The molecule has 0 saturated carbocycles. The number of nitrogens with one attached hydrogen (secondary N) is 1. The molecule has 1 heterocycles. The Morgan fingerprint density at radius 3 is 2.59 bits per heavy atom. The van der Waals surface area contributed by atoms with Crippen LogP contribution in [0.4, 0.5) is 17.6 Å². The van der Waals surface area contributed by atoms with Crippen LogP contribution in [0.25, 0.3) is 0 Å². The van der Waals surface area contributed by atoms with Gasteiger partial charge in [-0.15, -0.1) is 0 Å². The average molecular weight is 413 g/mol. The molecule has 1 unspecified atom stereocenters. The van der Waals surface area contributed by atoms with Crippen LogP contribution in [-0.2, 0) is 4.74 Å². The molecule has 0 radical (unpaired) electrons. The van der Waals surface area contributed by atoms with E-state index in [0.29, 0.717) is 12.5 Å². The van der Waals surface area contributed by atoms with E-state index in [0.717, 1.165) is 43.3 Å². The Balaban J connectivity index is 0.000000359. The summed E-state index contributed by atoms with van der Waals surface area (Å²) in [4.78, 5) is 0. The Morgan fingerprint density at radius 2 is 2.03 bits per heavy atom. The molecule has 1 aromatic carbocycles. The Kier molecular flexibility index (Phi) is 11.5. The molecule has 0 bridgehead atoms. The zero-order chi connectivity index (χ0) is 21.7. The van der Waals surface area contributed by atoms with Gasteiger partial charge in [0.15, 0.2) is 0 Å². The van der Waals surface area contributed by atoms with Gasteiger partial charge in [0.2, 0.25) is 0 Å². The van der Waals surface area contributed by atoms with Crippen LogP contribution < -0.4 is 5.32 Å². The third kappa shape index (κ3) is 9.90. The van der Waals surface area contributed by atoms with Crippen LogP contribution in [0.3, 0.4) is 0 Å². The molecule has 1 aromatic rings. The van der Waals surface area contributed by atoms with Crippen LogP contribution in [0.2, 0.25) is 0 Å². The highest BCUT2D eigenvalue weighted by molar-refractivity contribution is 5.25. The maximum absolute atomic E-state index is 13.3.